The van der Waals surface area contributed by atoms with Gasteiger partial charge in [0.05, 0.1) is 53.6 Å². The lowest BCUT2D eigenvalue weighted by atomic mass is 9.83. The van der Waals surface area contributed by atoms with Crippen molar-refractivity contribution >= 4 is 0 Å². The average Bonchev–Trinajstić information content (AvgIpc) is 2.93. The maximum Gasteiger partial charge on any atom is 0.259 e. The molecule has 3 aromatic rings. The fourth-order valence-electron chi connectivity index (χ4n) is 4.66. The van der Waals surface area contributed by atoms with Crippen molar-refractivity contribution in [2.75, 3.05) is 35.5 Å². The Hall–Kier alpha value is -4.78. The number of methoxy groups -OCH3 is 5. The van der Waals surface area contributed by atoms with Gasteiger partial charge in [-0.25, -0.2) is 0 Å². The minimum Gasteiger partial charge on any atom is -0.497 e. The lowest BCUT2D eigenvalue weighted by Crippen LogP contribution is -2.33. The van der Waals surface area contributed by atoms with Crippen LogP contribution in [0.5, 0.6) is 34.5 Å². The first-order valence-corrected chi connectivity index (χ1v) is 11.6. The van der Waals surface area contributed by atoms with Crippen molar-refractivity contribution in [3.63, 3.8) is 0 Å². The Bertz CT molecular complexity index is 1490. The molecule has 2 heterocycles. The number of fused-ring (bicyclic) bond motifs is 1. The summed E-state index contributed by atoms with van der Waals surface area (Å²) in [5.41, 5.74) is 8.17. The molecule has 2 N–H and O–H groups in total. The number of aromatic nitrogens is 1. The molecule has 1 aliphatic rings. The van der Waals surface area contributed by atoms with E-state index in [1.165, 1.54) is 28.4 Å². The number of nitrogens with two attached hydrogens (primary N) is 1. The van der Waals surface area contributed by atoms with Crippen LogP contribution in [0.25, 0.3) is 0 Å². The van der Waals surface area contributed by atoms with Crippen LogP contribution in [0.15, 0.2) is 52.6 Å². The molecule has 1 atom stereocenters. The SMILES string of the molecule is COc1ccc(C2C(C#N)=C(N)Oc3cc(C)n(Cc4cc(OC)c(OC)c(OC)c4)c(=O)c32)c(OC)c1. The van der Waals surface area contributed by atoms with Gasteiger partial charge in [-0.1, -0.05) is 6.07 Å². The highest BCUT2D eigenvalue weighted by molar-refractivity contribution is 5.59. The van der Waals surface area contributed by atoms with E-state index in [1.54, 1.807) is 55.0 Å². The highest BCUT2D eigenvalue weighted by Gasteiger charge is 2.36. The smallest absolute Gasteiger partial charge is 0.259 e. The summed E-state index contributed by atoms with van der Waals surface area (Å²) >= 11 is 0. The van der Waals surface area contributed by atoms with Crippen LogP contribution < -0.4 is 39.7 Å². The summed E-state index contributed by atoms with van der Waals surface area (Å²) in [5.74, 6) is 1.80. The minimum absolute atomic E-state index is 0.0657. The Morgan fingerprint density at radius 3 is 2.16 bits per heavy atom. The highest BCUT2D eigenvalue weighted by atomic mass is 16.5. The van der Waals surface area contributed by atoms with Crippen molar-refractivity contribution in [3.05, 3.63) is 80.6 Å². The van der Waals surface area contributed by atoms with E-state index in [1.807, 2.05) is 0 Å². The number of allylic oxidation sites excluding steroid dienone is 1. The second-order valence-electron chi connectivity index (χ2n) is 8.52. The molecule has 0 amide bonds. The van der Waals surface area contributed by atoms with E-state index >= 15 is 0 Å². The van der Waals surface area contributed by atoms with Gasteiger partial charge in [-0.2, -0.15) is 5.26 Å². The molecule has 2 aromatic carbocycles. The molecule has 4 rings (SSSR count). The van der Waals surface area contributed by atoms with E-state index in [4.69, 9.17) is 34.2 Å². The van der Waals surface area contributed by atoms with E-state index in [2.05, 4.69) is 6.07 Å². The van der Waals surface area contributed by atoms with E-state index in [0.29, 0.717) is 40.0 Å². The zero-order chi connectivity index (χ0) is 27.6. The normalized spacial score (nSPS) is 14.2. The summed E-state index contributed by atoms with van der Waals surface area (Å²) in [5, 5.41) is 10.0. The predicted molar refractivity (Wildman–Crippen MR) is 139 cm³/mol. The molecule has 0 fully saturated rings. The molecule has 1 unspecified atom stereocenters. The zero-order valence-corrected chi connectivity index (χ0v) is 22.1. The summed E-state index contributed by atoms with van der Waals surface area (Å²) < 4.78 is 34.7. The van der Waals surface area contributed by atoms with Gasteiger partial charge in [-0.05, 0) is 30.7 Å². The maximum atomic E-state index is 14.1. The lowest BCUT2D eigenvalue weighted by Gasteiger charge is -2.28. The molecule has 0 bridgehead atoms. The minimum atomic E-state index is -0.816. The standard InChI is InChI=1S/C28H29N3O7/c1-15-9-21-25(28(32)31(15)14-16-10-22(35-4)26(37-6)23(11-16)36-5)24(19(13-29)27(30)38-21)18-8-7-17(33-2)12-20(18)34-3/h7-12,24H,14,30H2,1-6H3. The van der Waals surface area contributed by atoms with Gasteiger partial charge in [0.15, 0.2) is 11.5 Å². The van der Waals surface area contributed by atoms with Crippen LogP contribution >= 0.6 is 0 Å². The van der Waals surface area contributed by atoms with E-state index in [-0.39, 0.29) is 34.9 Å². The molecule has 10 heteroatoms. The van der Waals surface area contributed by atoms with Gasteiger partial charge < -0.3 is 38.7 Å². The number of nitriles is 1. The molecule has 0 saturated carbocycles. The molecule has 10 nitrogen and oxygen atoms in total. The summed E-state index contributed by atoms with van der Waals surface area (Å²) in [6, 6.07) is 12.6. The maximum absolute atomic E-state index is 14.1. The van der Waals surface area contributed by atoms with Crippen molar-refractivity contribution in [2.24, 2.45) is 5.73 Å². The van der Waals surface area contributed by atoms with Gasteiger partial charge >= 0.3 is 0 Å². The van der Waals surface area contributed by atoms with Crippen LogP contribution in [0.4, 0.5) is 0 Å². The zero-order valence-electron chi connectivity index (χ0n) is 22.1. The van der Waals surface area contributed by atoms with Crippen LogP contribution in [-0.4, -0.2) is 40.1 Å². The first-order valence-electron chi connectivity index (χ1n) is 11.6. The molecule has 198 valence electrons. The van der Waals surface area contributed by atoms with Crippen LogP contribution in [0.3, 0.4) is 0 Å². The van der Waals surface area contributed by atoms with Crippen molar-refractivity contribution in [1.82, 2.24) is 4.57 Å². The van der Waals surface area contributed by atoms with Crippen LogP contribution in [0.1, 0.15) is 28.3 Å². The number of hydrogen-bond donors (Lipinski definition) is 1. The Kier molecular flexibility index (Phi) is 7.39. The lowest BCUT2D eigenvalue weighted by molar-refractivity contribution is 0.323. The predicted octanol–water partition coefficient (Wildman–Crippen LogP) is 3.47. The third-order valence-electron chi connectivity index (χ3n) is 6.51. The third-order valence-corrected chi connectivity index (χ3v) is 6.51. The Morgan fingerprint density at radius 1 is 0.947 bits per heavy atom. The van der Waals surface area contributed by atoms with Gasteiger partial charge in [-0.3, -0.25) is 4.79 Å². The second kappa shape index (κ2) is 10.7. The van der Waals surface area contributed by atoms with Crippen molar-refractivity contribution in [3.8, 4) is 40.6 Å². The molecule has 0 aliphatic carbocycles. The van der Waals surface area contributed by atoms with Gasteiger partial charge in [0, 0.05) is 23.4 Å². The van der Waals surface area contributed by atoms with Crippen LogP contribution in [0, 0.1) is 18.3 Å². The molecule has 0 radical (unpaired) electrons. The van der Waals surface area contributed by atoms with Gasteiger partial charge in [0.25, 0.3) is 5.56 Å². The van der Waals surface area contributed by atoms with E-state index < -0.39 is 5.92 Å². The molecular weight excluding hydrogens is 490 g/mol. The van der Waals surface area contributed by atoms with Crippen molar-refractivity contribution < 1.29 is 28.4 Å². The first-order chi connectivity index (χ1) is 18.3. The molecular formula is C28H29N3O7. The second-order valence-corrected chi connectivity index (χ2v) is 8.52. The Morgan fingerprint density at radius 2 is 1.61 bits per heavy atom. The van der Waals surface area contributed by atoms with Crippen molar-refractivity contribution in [2.45, 2.75) is 19.4 Å². The molecule has 1 aromatic heterocycles. The van der Waals surface area contributed by atoms with Crippen LogP contribution in [-0.2, 0) is 6.54 Å². The summed E-state index contributed by atoms with van der Waals surface area (Å²) in [7, 11) is 7.64. The van der Waals surface area contributed by atoms with E-state index in [9.17, 15) is 10.1 Å². The molecule has 0 spiro atoms. The molecule has 0 saturated heterocycles. The number of nitrogens with zero attached hydrogens (tertiary/aromatic N) is 2. The van der Waals surface area contributed by atoms with Gasteiger partial charge in [0.1, 0.15) is 28.9 Å². The largest absolute Gasteiger partial charge is 0.497 e. The summed E-state index contributed by atoms with van der Waals surface area (Å²) in [6.07, 6.45) is 0. The number of benzene rings is 2. The molecule has 1 aliphatic heterocycles. The average molecular weight is 520 g/mol. The third kappa shape index (κ3) is 4.43. The molecule has 38 heavy (non-hydrogen) atoms. The first kappa shape index (κ1) is 26.3. The number of pyridine rings is 1. The number of rotatable bonds is 8. The fraction of sp³-hybridized carbons (Fsp3) is 0.286. The Labute approximate surface area is 220 Å². The number of ether oxygens (including phenoxy) is 6. The fourth-order valence-corrected chi connectivity index (χ4v) is 4.66. The summed E-state index contributed by atoms with van der Waals surface area (Å²) in [4.78, 5) is 14.1. The van der Waals surface area contributed by atoms with Crippen LogP contribution in [0.2, 0.25) is 0 Å². The monoisotopic (exact) mass is 519 g/mol. The Balaban J connectivity index is 1.92. The summed E-state index contributed by atoms with van der Waals surface area (Å²) in [6.45, 7) is 1.99. The van der Waals surface area contributed by atoms with Gasteiger partial charge in [0.2, 0.25) is 11.6 Å². The van der Waals surface area contributed by atoms with Crippen molar-refractivity contribution in [1.29, 1.82) is 5.26 Å². The number of hydrogen-bond acceptors (Lipinski definition) is 9. The highest BCUT2D eigenvalue weighted by Crippen LogP contribution is 2.44. The number of aryl methyl sites for hydroxylation is 1. The van der Waals surface area contributed by atoms with E-state index in [0.717, 1.165) is 5.56 Å². The quantitative estimate of drug-likeness (QED) is 0.476. The topological polar surface area (TPSA) is 127 Å². The van der Waals surface area contributed by atoms with Gasteiger partial charge in [-0.15, -0.1) is 0 Å².